The summed E-state index contributed by atoms with van der Waals surface area (Å²) < 4.78 is 17.8. The number of hydroxylamine groups is 1. The maximum absolute atomic E-state index is 13.1. The second-order valence-electron chi connectivity index (χ2n) is 2.97. The third kappa shape index (κ3) is 2.08. The van der Waals surface area contributed by atoms with Gasteiger partial charge in [0.05, 0.1) is 19.3 Å². The second-order valence-corrected chi connectivity index (χ2v) is 2.97. The van der Waals surface area contributed by atoms with Crippen molar-refractivity contribution in [3.05, 3.63) is 12.0 Å². The minimum atomic E-state index is -0.693. The van der Waals surface area contributed by atoms with Crippen molar-refractivity contribution in [2.45, 2.75) is 19.9 Å². The van der Waals surface area contributed by atoms with E-state index in [0.29, 0.717) is 0 Å². The summed E-state index contributed by atoms with van der Waals surface area (Å²) in [5, 5.41) is 10.2. The zero-order valence-corrected chi connectivity index (χ0v) is 8.23. The number of hydrogen-bond donors (Lipinski definition) is 1. The molecule has 0 bridgehead atoms. The molecular formula is C8H12FN3O2. The summed E-state index contributed by atoms with van der Waals surface area (Å²) in [4.78, 5) is 7.23. The normalized spacial score (nSPS) is 10.4. The predicted molar refractivity (Wildman–Crippen MR) is 47.9 cm³/mol. The van der Waals surface area contributed by atoms with Crippen LogP contribution in [0.3, 0.4) is 0 Å². The third-order valence-corrected chi connectivity index (χ3v) is 1.59. The van der Waals surface area contributed by atoms with Crippen molar-refractivity contribution in [1.29, 1.82) is 0 Å². The number of halogens is 1. The Kier molecular flexibility index (Phi) is 3.19. The molecule has 1 aromatic heterocycles. The highest BCUT2D eigenvalue weighted by Gasteiger charge is 2.15. The Morgan fingerprint density at radius 3 is 2.71 bits per heavy atom. The molecule has 0 aliphatic heterocycles. The molecule has 0 aliphatic carbocycles. The largest absolute Gasteiger partial charge is 0.467 e. The molecule has 0 spiro atoms. The maximum atomic E-state index is 13.1. The molecule has 78 valence electrons. The molecule has 0 aliphatic rings. The van der Waals surface area contributed by atoms with Crippen molar-refractivity contribution in [2.75, 3.05) is 12.2 Å². The van der Waals surface area contributed by atoms with Crippen molar-refractivity contribution in [3.8, 4) is 6.01 Å². The molecule has 0 amide bonds. The molecule has 5 nitrogen and oxygen atoms in total. The lowest BCUT2D eigenvalue weighted by molar-refractivity contribution is 0.220. The SMILES string of the molecule is COc1ncc(F)c(N(O)C(C)C)n1. The lowest BCUT2D eigenvalue weighted by atomic mass is 10.4. The van der Waals surface area contributed by atoms with Crippen LogP contribution in [0.1, 0.15) is 13.8 Å². The minimum Gasteiger partial charge on any atom is -0.467 e. The topological polar surface area (TPSA) is 58.5 Å². The summed E-state index contributed by atoms with van der Waals surface area (Å²) in [5.41, 5.74) is 0. The van der Waals surface area contributed by atoms with Gasteiger partial charge in [-0.2, -0.15) is 4.98 Å². The fourth-order valence-corrected chi connectivity index (χ4v) is 0.846. The summed E-state index contributed by atoms with van der Waals surface area (Å²) in [5.74, 6) is -0.881. The molecule has 0 saturated heterocycles. The number of anilines is 1. The number of ether oxygens (including phenoxy) is 1. The molecule has 0 saturated carbocycles. The highest BCUT2D eigenvalue weighted by molar-refractivity contribution is 5.37. The Hall–Kier alpha value is -1.43. The van der Waals surface area contributed by atoms with Crippen LogP contribution < -0.4 is 9.80 Å². The lowest BCUT2D eigenvalue weighted by Gasteiger charge is -2.20. The molecule has 0 atom stereocenters. The molecule has 1 aromatic rings. The molecule has 1 N–H and O–H groups in total. The molecule has 14 heavy (non-hydrogen) atoms. The van der Waals surface area contributed by atoms with Gasteiger partial charge in [0.2, 0.25) is 0 Å². The fraction of sp³-hybridized carbons (Fsp3) is 0.500. The van der Waals surface area contributed by atoms with Crippen LogP contribution in [0.4, 0.5) is 10.2 Å². The Labute approximate surface area is 81.1 Å². The summed E-state index contributed by atoms with van der Waals surface area (Å²) in [6.45, 7) is 3.40. The maximum Gasteiger partial charge on any atom is 0.318 e. The van der Waals surface area contributed by atoms with Crippen molar-refractivity contribution in [1.82, 2.24) is 9.97 Å². The van der Waals surface area contributed by atoms with Crippen LogP contribution >= 0.6 is 0 Å². The first-order chi connectivity index (χ1) is 6.56. The minimum absolute atomic E-state index is 0.0149. The van der Waals surface area contributed by atoms with Crippen LogP contribution in [0.2, 0.25) is 0 Å². The van der Waals surface area contributed by atoms with Gasteiger partial charge in [-0.25, -0.2) is 14.4 Å². The Bertz CT molecular complexity index is 319. The smallest absolute Gasteiger partial charge is 0.318 e. The Morgan fingerprint density at radius 1 is 1.57 bits per heavy atom. The average Bonchev–Trinajstić information content (AvgIpc) is 2.17. The molecular weight excluding hydrogens is 189 g/mol. The summed E-state index contributed by atoms with van der Waals surface area (Å²) in [6, 6.07) is -0.259. The average molecular weight is 201 g/mol. The van der Waals surface area contributed by atoms with Gasteiger partial charge in [-0.1, -0.05) is 0 Å². The molecule has 0 unspecified atom stereocenters. The van der Waals surface area contributed by atoms with Gasteiger partial charge >= 0.3 is 6.01 Å². The van der Waals surface area contributed by atoms with Crippen molar-refractivity contribution in [2.24, 2.45) is 0 Å². The van der Waals surface area contributed by atoms with E-state index in [2.05, 4.69) is 9.97 Å². The van der Waals surface area contributed by atoms with Crippen LogP contribution in [0, 0.1) is 5.82 Å². The first kappa shape index (κ1) is 10.6. The van der Waals surface area contributed by atoms with Gasteiger partial charge in [0.25, 0.3) is 0 Å². The highest BCUT2D eigenvalue weighted by atomic mass is 19.1. The number of methoxy groups -OCH3 is 1. The van der Waals surface area contributed by atoms with Crippen LogP contribution in [-0.2, 0) is 0 Å². The van der Waals surface area contributed by atoms with Crippen LogP contribution in [0.5, 0.6) is 6.01 Å². The Balaban J connectivity index is 3.05. The summed E-state index contributed by atoms with van der Waals surface area (Å²) in [6.07, 6.45) is 0.951. The van der Waals surface area contributed by atoms with Crippen LogP contribution in [-0.4, -0.2) is 28.3 Å². The zero-order valence-electron chi connectivity index (χ0n) is 8.23. The molecule has 0 radical (unpaired) electrons. The van der Waals surface area contributed by atoms with Gasteiger partial charge in [-0.3, -0.25) is 5.21 Å². The van der Waals surface area contributed by atoms with Crippen molar-refractivity contribution < 1.29 is 14.3 Å². The van der Waals surface area contributed by atoms with Gasteiger partial charge in [0.1, 0.15) is 0 Å². The van der Waals surface area contributed by atoms with E-state index in [1.165, 1.54) is 7.11 Å². The van der Waals surface area contributed by atoms with Gasteiger partial charge in [-0.05, 0) is 13.8 Å². The quantitative estimate of drug-likeness (QED) is 0.745. The van der Waals surface area contributed by atoms with E-state index >= 15 is 0 Å². The lowest BCUT2D eigenvalue weighted by Crippen LogP contribution is -2.28. The standard InChI is InChI=1S/C8H12FN3O2/c1-5(2)12(13)7-6(9)4-10-8(11-7)14-3/h4-5,13H,1-3H3. The highest BCUT2D eigenvalue weighted by Crippen LogP contribution is 2.18. The van der Waals surface area contributed by atoms with E-state index in [1.54, 1.807) is 13.8 Å². The van der Waals surface area contributed by atoms with E-state index < -0.39 is 5.82 Å². The van der Waals surface area contributed by atoms with Gasteiger partial charge in [0, 0.05) is 0 Å². The molecule has 0 aromatic carbocycles. The number of aromatic nitrogens is 2. The summed E-state index contributed by atoms with van der Waals surface area (Å²) >= 11 is 0. The monoisotopic (exact) mass is 201 g/mol. The number of rotatable bonds is 3. The van der Waals surface area contributed by atoms with Gasteiger partial charge in [-0.15, -0.1) is 0 Å². The second kappa shape index (κ2) is 4.19. The van der Waals surface area contributed by atoms with Crippen LogP contribution in [0.15, 0.2) is 6.20 Å². The molecule has 6 heteroatoms. The number of nitrogens with zero attached hydrogens (tertiary/aromatic N) is 3. The van der Waals surface area contributed by atoms with Gasteiger partial charge < -0.3 is 4.74 Å². The molecule has 1 heterocycles. The Morgan fingerprint density at radius 2 is 2.21 bits per heavy atom. The van der Waals surface area contributed by atoms with E-state index in [9.17, 15) is 9.60 Å². The third-order valence-electron chi connectivity index (χ3n) is 1.59. The van der Waals surface area contributed by atoms with Crippen molar-refractivity contribution in [3.63, 3.8) is 0 Å². The first-order valence-electron chi connectivity index (χ1n) is 4.11. The summed E-state index contributed by atoms with van der Waals surface area (Å²) in [7, 11) is 1.37. The van der Waals surface area contributed by atoms with Crippen LogP contribution in [0.25, 0.3) is 0 Å². The molecule has 1 rings (SSSR count). The zero-order chi connectivity index (χ0) is 10.7. The first-order valence-corrected chi connectivity index (χ1v) is 4.11. The predicted octanol–water partition coefficient (Wildman–Crippen LogP) is 1.23. The fourth-order valence-electron chi connectivity index (χ4n) is 0.846. The van der Waals surface area contributed by atoms with E-state index in [-0.39, 0.29) is 17.9 Å². The van der Waals surface area contributed by atoms with Gasteiger partial charge in [0.15, 0.2) is 11.6 Å². The van der Waals surface area contributed by atoms with E-state index in [4.69, 9.17) is 4.74 Å². The number of hydrogen-bond acceptors (Lipinski definition) is 5. The van der Waals surface area contributed by atoms with Crippen molar-refractivity contribution >= 4 is 5.82 Å². The van der Waals surface area contributed by atoms with E-state index in [1.807, 2.05) is 0 Å². The van der Waals surface area contributed by atoms with E-state index in [0.717, 1.165) is 11.3 Å². The molecule has 0 fully saturated rings.